The molecule has 1 aromatic rings. The first-order valence-corrected chi connectivity index (χ1v) is 5.41. The van der Waals surface area contributed by atoms with Gasteiger partial charge in [-0.3, -0.25) is 9.78 Å². The smallest absolute Gasteiger partial charge is 0.418 e. The van der Waals surface area contributed by atoms with Gasteiger partial charge in [-0.25, -0.2) is 0 Å². The molecule has 1 rings (SSSR count). The summed E-state index contributed by atoms with van der Waals surface area (Å²) in [5.74, 6) is -0.992. The maximum atomic E-state index is 12.7. The number of hydrogen-bond donors (Lipinski definition) is 2. The van der Waals surface area contributed by atoms with Crippen LogP contribution in [0.3, 0.4) is 0 Å². The van der Waals surface area contributed by atoms with Crippen molar-refractivity contribution in [1.82, 2.24) is 4.98 Å². The molecule has 106 valence electrons. The van der Waals surface area contributed by atoms with Crippen molar-refractivity contribution >= 4 is 5.97 Å². The average molecular weight is 278 g/mol. The Morgan fingerprint density at radius 1 is 1.58 bits per heavy atom. The molecule has 3 N–H and O–H groups in total. The molecule has 2 atom stereocenters. The molecule has 0 saturated carbocycles. The normalized spacial score (nSPS) is 14.8. The highest BCUT2D eigenvalue weighted by Crippen LogP contribution is 2.34. The molecule has 5 nitrogen and oxygen atoms in total. The topological polar surface area (TPSA) is 85.4 Å². The van der Waals surface area contributed by atoms with Gasteiger partial charge in [0.15, 0.2) is 0 Å². The lowest BCUT2D eigenvalue weighted by molar-refractivity contribution is -0.149. The highest BCUT2D eigenvalue weighted by molar-refractivity contribution is 5.76. The quantitative estimate of drug-likeness (QED) is 0.803. The second-order valence-corrected chi connectivity index (χ2v) is 3.66. The number of carbonyl (C=O) groups excluding carboxylic acids is 1. The number of aromatic nitrogens is 1. The van der Waals surface area contributed by atoms with Crippen LogP contribution in [0.4, 0.5) is 13.2 Å². The van der Waals surface area contributed by atoms with Gasteiger partial charge >= 0.3 is 12.1 Å². The molecule has 1 heterocycles. The zero-order valence-electron chi connectivity index (χ0n) is 10.0. The van der Waals surface area contributed by atoms with Crippen LogP contribution in [0.15, 0.2) is 18.3 Å². The van der Waals surface area contributed by atoms with Gasteiger partial charge in [-0.2, -0.15) is 13.2 Å². The molecule has 0 aliphatic carbocycles. The van der Waals surface area contributed by atoms with Gasteiger partial charge in [0.1, 0.15) is 12.1 Å². The van der Waals surface area contributed by atoms with E-state index in [1.54, 1.807) is 0 Å². The first-order valence-electron chi connectivity index (χ1n) is 5.41. The van der Waals surface area contributed by atoms with Gasteiger partial charge < -0.3 is 15.6 Å². The number of esters is 1. The Kier molecular flexibility index (Phi) is 4.84. The lowest BCUT2D eigenvalue weighted by atomic mass is 10.0. The summed E-state index contributed by atoms with van der Waals surface area (Å²) >= 11 is 0. The number of nitrogens with zero attached hydrogens (tertiary/aromatic N) is 1. The van der Waals surface area contributed by atoms with Crippen LogP contribution in [0, 0.1) is 0 Å². The lowest BCUT2D eigenvalue weighted by Crippen LogP contribution is -2.39. The van der Waals surface area contributed by atoms with E-state index in [1.165, 1.54) is 6.92 Å². The van der Waals surface area contributed by atoms with E-state index in [1.807, 2.05) is 0 Å². The van der Waals surface area contributed by atoms with Crippen LogP contribution < -0.4 is 5.73 Å². The number of carbonyl (C=O) groups is 1. The number of hydrogen-bond acceptors (Lipinski definition) is 5. The molecule has 0 amide bonds. The van der Waals surface area contributed by atoms with Gasteiger partial charge in [-0.1, -0.05) is 0 Å². The number of alkyl halides is 3. The van der Waals surface area contributed by atoms with Crippen LogP contribution in [0.5, 0.6) is 0 Å². The summed E-state index contributed by atoms with van der Waals surface area (Å²) in [6.07, 6.45) is -5.51. The van der Waals surface area contributed by atoms with Gasteiger partial charge in [0, 0.05) is 6.20 Å². The van der Waals surface area contributed by atoms with Gasteiger partial charge in [-0.05, 0) is 19.1 Å². The minimum Gasteiger partial charge on any atom is -0.465 e. The average Bonchev–Trinajstić information content (AvgIpc) is 2.36. The Bertz CT molecular complexity index is 451. The van der Waals surface area contributed by atoms with E-state index in [4.69, 9.17) is 5.73 Å². The fourth-order valence-corrected chi connectivity index (χ4v) is 1.43. The van der Waals surface area contributed by atoms with E-state index in [0.29, 0.717) is 0 Å². The first-order chi connectivity index (χ1) is 8.79. The molecule has 8 heteroatoms. The van der Waals surface area contributed by atoms with E-state index in [-0.39, 0.29) is 6.61 Å². The van der Waals surface area contributed by atoms with Crippen LogP contribution >= 0.6 is 0 Å². The summed E-state index contributed by atoms with van der Waals surface area (Å²) in [5, 5.41) is 9.74. The minimum atomic E-state index is -4.70. The highest BCUT2D eigenvalue weighted by atomic mass is 19.4. The number of ether oxygens (including phenoxy) is 1. The number of rotatable bonds is 4. The lowest BCUT2D eigenvalue weighted by Gasteiger charge is -2.20. The van der Waals surface area contributed by atoms with E-state index in [2.05, 4.69) is 9.72 Å². The van der Waals surface area contributed by atoms with Crippen LogP contribution in [-0.4, -0.2) is 28.7 Å². The Labute approximate surface area is 107 Å². The molecule has 19 heavy (non-hydrogen) atoms. The van der Waals surface area contributed by atoms with Crippen molar-refractivity contribution in [2.75, 3.05) is 6.61 Å². The second-order valence-electron chi connectivity index (χ2n) is 3.66. The van der Waals surface area contributed by atoms with Crippen molar-refractivity contribution in [1.29, 1.82) is 0 Å². The number of nitrogens with two attached hydrogens (primary N) is 1. The largest absolute Gasteiger partial charge is 0.465 e. The van der Waals surface area contributed by atoms with Crippen LogP contribution in [-0.2, 0) is 15.7 Å². The molecule has 0 bridgehead atoms. The van der Waals surface area contributed by atoms with E-state index < -0.39 is 35.5 Å². The monoisotopic (exact) mass is 278 g/mol. The summed E-state index contributed by atoms with van der Waals surface area (Å²) in [5.41, 5.74) is 3.52. The Morgan fingerprint density at radius 2 is 2.21 bits per heavy atom. The molecule has 0 unspecified atom stereocenters. The maximum absolute atomic E-state index is 12.7. The number of aliphatic hydroxyl groups excluding tert-OH is 1. The summed E-state index contributed by atoms with van der Waals surface area (Å²) < 4.78 is 42.7. The fourth-order valence-electron chi connectivity index (χ4n) is 1.43. The number of pyridine rings is 1. The summed E-state index contributed by atoms with van der Waals surface area (Å²) in [7, 11) is 0. The minimum absolute atomic E-state index is 0.00754. The summed E-state index contributed by atoms with van der Waals surface area (Å²) in [6, 6.07) is 0.203. The van der Waals surface area contributed by atoms with Gasteiger partial charge in [0.05, 0.1) is 17.9 Å². The van der Waals surface area contributed by atoms with Gasteiger partial charge in [0.25, 0.3) is 0 Å². The molecule has 0 spiro atoms. The molecule has 0 aromatic carbocycles. The molecule has 0 radical (unpaired) electrons. The molecule has 0 aliphatic heterocycles. The number of halogens is 3. The fraction of sp³-hybridized carbons (Fsp3) is 0.455. The summed E-state index contributed by atoms with van der Waals surface area (Å²) in [6.45, 7) is 1.52. The molecular formula is C11H13F3N2O3. The van der Waals surface area contributed by atoms with Crippen molar-refractivity contribution in [2.24, 2.45) is 5.73 Å². The predicted molar refractivity (Wildman–Crippen MR) is 58.8 cm³/mol. The maximum Gasteiger partial charge on any atom is 0.418 e. The van der Waals surface area contributed by atoms with E-state index in [0.717, 1.165) is 18.3 Å². The first kappa shape index (κ1) is 15.4. The Morgan fingerprint density at radius 3 is 2.74 bits per heavy atom. The van der Waals surface area contributed by atoms with Crippen molar-refractivity contribution in [3.8, 4) is 0 Å². The van der Waals surface area contributed by atoms with E-state index >= 15 is 0 Å². The van der Waals surface area contributed by atoms with Crippen LogP contribution in [0.25, 0.3) is 0 Å². The van der Waals surface area contributed by atoms with Gasteiger partial charge in [-0.15, -0.1) is 0 Å². The zero-order chi connectivity index (χ0) is 14.6. The Balaban J connectivity index is 3.06. The third-order valence-corrected chi connectivity index (χ3v) is 2.32. The zero-order valence-corrected chi connectivity index (χ0v) is 10.0. The highest BCUT2D eigenvalue weighted by Gasteiger charge is 2.38. The van der Waals surface area contributed by atoms with Crippen molar-refractivity contribution in [3.63, 3.8) is 0 Å². The molecule has 0 fully saturated rings. The van der Waals surface area contributed by atoms with Crippen molar-refractivity contribution in [2.45, 2.75) is 25.2 Å². The molecule has 1 aromatic heterocycles. The standard InChI is InChI=1S/C11H13F3N2O3/c1-2-19-10(18)7(15)9(17)8-6(11(12,13)14)4-3-5-16-8/h3-5,7,9,17H,2,15H2,1H3/t7-,9-/m1/s1. The van der Waals surface area contributed by atoms with Crippen LogP contribution in [0.1, 0.15) is 24.3 Å². The van der Waals surface area contributed by atoms with Gasteiger partial charge in [0.2, 0.25) is 0 Å². The van der Waals surface area contributed by atoms with Crippen molar-refractivity contribution < 1.29 is 27.8 Å². The SMILES string of the molecule is CCOC(=O)[C@H](N)[C@@H](O)c1ncccc1C(F)(F)F. The predicted octanol–water partition coefficient (Wildman–Crippen LogP) is 1.02. The van der Waals surface area contributed by atoms with E-state index in [9.17, 15) is 23.1 Å². The summed E-state index contributed by atoms with van der Waals surface area (Å²) in [4.78, 5) is 14.8. The van der Waals surface area contributed by atoms with Crippen molar-refractivity contribution in [3.05, 3.63) is 29.6 Å². The second kappa shape index (κ2) is 5.98. The molecule has 0 aliphatic rings. The number of aliphatic hydroxyl groups is 1. The molecule has 0 saturated heterocycles. The third kappa shape index (κ3) is 3.65. The molecular weight excluding hydrogens is 265 g/mol. The Hall–Kier alpha value is -1.67. The third-order valence-electron chi connectivity index (χ3n) is 2.32. The van der Waals surface area contributed by atoms with Crippen LogP contribution in [0.2, 0.25) is 0 Å².